The summed E-state index contributed by atoms with van der Waals surface area (Å²) in [4.78, 5) is 9.64. The Kier molecular flexibility index (Phi) is 4.74. The molecule has 24 heavy (non-hydrogen) atoms. The molecule has 0 amide bonds. The summed E-state index contributed by atoms with van der Waals surface area (Å²) in [6.07, 6.45) is 8.59. The molecule has 4 heterocycles. The highest BCUT2D eigenvalue weighted by Gasteiger charge is 2.41. The van der Waals surface area contributed by atoms with Gasteiger partial charge in [0.2, 0.25) is 0 Å². The minimum absolute atomic E-state index is 0.291. The Bertz CT molecular complexity index is 533. The lowest BCUT2D eigenvalue weighted by molar-refractivity contribution is 0.0648. The lowest BCUT2D eigenvalue weighted by Gasteiger charge is -2.38. The number of likely N-dealkylation sites (tertiary alicyclic amines) is 1. The molecule has 3 aliphatic heterocycles. The standard InChI is InChI=1S/C19H30N4O/c20-12-17-11-19(15-24-17)5-9-22(10-6-19)14-16-3-4-18(21-13-16)23-7-1-2-8-23/h3-4,13,17H,1-2,5-12,14-15,20H2. The minimum Gasteiger partial charge on any atom is -0.376 e. The summed E-state index contributed by atoms with van der Waals surface area (Å²) in [5.74, 6) is 1.14. The lowest BCUT2D eigenvalue weighted by Crippen LogP contribution is -2.40. The number of aromatic nitrogens is 1. The van der Waals surface area contributed by atoms with Crippen molar-refractivity contribution in [3.63, 3.8) is 0 Å². The molecule has 132 valence electrons. The van der Waals surface area contributed by atoms with E-state index in [1.807, 2.05) is 0 Å². The number of nitrogens with two attached hydrogens (primary N) is 1. The van der Waals surface area contributed by atoms with Crippen LogP contribution in [0.15, 0.2) is 18.3 Å². The van der Waals surface area contributed by atoms with E-state index in [1.165, 1.54) is 31.2 Å². The van der Waals surface area contributed by atoms with Gasteiger partial charge in [0.15, 0.2) is 0 Å². The van der Waals surface area contributed by atoms with Crippen molar-refractivity contribution in [2.75, 3.05) is 44.2 Å². The van der Waals surface area contributed by atoms with Crippen molar-refractivity contribution < 1.29 is 4.74 Å². The molecule has 1 aromatic rings. The van der Waals surface area contributed by atoms with Gasteiger partial charge in [0.1, 0.15) is 5.82 Å². The molecular formula is C19H30N4O. The number of nitrogens with zero attached hydrogens (tertiary/aromatic N) is 3. The van der Waals surface area contributed by atoms with Crippen LogP contribution < -0.4 is 10.6 Å². The maximum atomic E-state index is 5.85. The van der Waals surface area contributed by atoms with Crippen LogP contribution in [0.3, 0.4) is 0 Å². The van der Waals surface area contributed by atoms with E-state index in [0.29, 0.717) is 18.1 Å². The molecule has 0 saturated carbocycles. The van der Waals surface area contributed by atoms with Gasteiger partial charge in [-0.05, 0) is 62.2 Å². The predicted molar refractivity (Wildman–Crippen MR) is 96.0 cm³/mol. The van der Waals surface area contributed by atoms with Gasteiger partial charge in [-0.3, -0.25) is 4.90 Å². The van der Waals surface area contributed by atoms with Crippen LogP contribution in [0.1, 0.15) is 37.7 Å². The summed E-state index contributed by atoms with van der Waals surface area (Å²) in [5, 5.41) is 0. The highest BCUT2D eigenvalue weighted by Crippen LogP contribution is 2.41. The smallest absolute Gasteiger partial charge is 0.128 e. The van der Waals surface area contributed by atoms with Crippen molar-refractivity contribution in [1.29, 1.82) is 0 Å². The Hall–Kier alpha value is -1.17. The summed E-state index contributed by atoms with van der Waals surface area (Å²) in [6, 6.07) is 4.46. The summed E-state index contributed by atoms with van der Waals surface area (Å²) in [6.45, 7) is 7.24. The van der Waals surface area contributed by atoms with E-state index in [0.717, 1.165) is 51.6 Å². The fourth-order valence-electron chi connectivity index (χ4n) is 4.48. The molecule has 5 heteroatoms. The molecule has 0 bridgehead atoms. The third-order valence-electron chi connectivity index (χ3n) is 6.11. The van der Waals surface area contributed by atoms with Gasteiger partial charge in [-0.15, -0.1) is 0 Å². The van der Waals surface area contributed by atoms with E-state index >= 15 is 0 Å². The Balaban J connectivity index is 1.29. The molecule has 0 radical (unpaired) electrons. The van der Waals surface area contributed by atoms with Crippen LogP contribution in [0, 0.1) is 5.41 Å². The molecule has 5 nitrogen and oxygen atoms in total. The fourth-order valence-corrected chi connectivity index (χ4v) is 4.48. The van der Waals surface area contributed by atoms with Crippen molar-refractivity contribution in [3.8, 4) is 0 Å². The van der Waals surface area contributed by atoms with Crippen LogP contribution in [0.4, 0.5) is 5.82 Å². The average Bonchev–Trinajstić information content (AvgIpc) is 3.28. The van der Waals surface area contributed by atoms with Crippen LogP contribution >= 0.6 is 0 Å². The first-order valence-electron chi connectivity index (χ1n) is 9.50. The zero-order chi connectivity index (χ0) is 16.4. The van der Waals surface area contributed by atoms with Gasteiger partial charge in [-0.2, -0.15) is 0 Å². The number of hydrogen-bond acceptors (Lipinski definition) is 5. The number of piperidine rings is 1. The van der Waals surface area contributed by atoms with Gasteiger partial charge in [-0.25, -0.2) is 4.98 Å². The number of ether oxygens (including phenoxy) is 1. The Labute approximate surface area is 145 Å². The van der Waals surface area contributed by atoms with Crippen LogP contribution in [0.25, 0.3) is 0 Å². The second-order valence-electron chi connectivity index (χ2n) is 7.87. The van der Waals surface area contributed by atoms with E-state index in [2.05, 4.69) is 33.1 Å². The average molecular weight is 330 g/mol. The summed E-state index contributed by atoms with van der Waals surface area (Å²) in [7, 11) is 0. The van der Waals surface area contributed by atoms with E-state index in [4.69, 9.17) is 10.5 Å². The van der Waals surface area contributed by atoms with Gasteiger partial charge in [0, 0.05) is 32.4 Å². The minimum atomic E-state index is 0.291. The second-order valence-corrected chi connectivity index (χ2v) is 7.87. The molecule has 2 N–H and O–H groups in total. The van der Waals surface area contributed by atoms with Gasteiger partial charge < -0.3 is 15.4 Å². The summed E-state index contributed by atoms with van der Waals surface area (Å²) in [5.41, 5.74) is 7.50. The second kappa shape index (κ2) is 6.98. The number of pyridine rings is 1. The number of anilines is 1. The highest BCUT2D eigenvalue weighted by molar-refractivity contribution is 5.40. The van der Waals surface area contributed by atoms with E-state index in [9.17, 15) is 0 Å². The third kappa shape index (κ3) is 3.44. The normalized spacial score (nSPS) is 27.2. The largest absolute Gasteiger partial charge is 0.376 e. The maximum absolute atomic E-state index is 5.85. The van der Waals surface area contributed by atoms with Gasteiger partial charge in [0.05, 0.1) is 12.7 Å². The molecule has 0 aromatic carbocycles. The Morgan fingerprint density at radius 1 is 1.17 bits per heavy atom. The van der Waals surface area contributed by atoms with Crippen LogP contribution in [0.5, 0.6) is 0 Å². The van der Waals surface area contributed by atoms with Crippen molar-refractivity contribution in [2.24, 2.45) is 11.1 Å². The summed E-state index contributed by atoms with van der Waals surface area (Å²) >= 11 is 0. The molecule has 1 atom stereocenters. The Morgan fingerprint density at radius 2 is 1.96 bits per heavy atom. The summed E-state index contributed by atoms with van der Waals surface area (Å²) < 4.78 is 5.85. The first-order chi connectivity index (χ1) is 11.8. The van der Waals surface area contributed by atoms with Gasteiger partial charge in [-0.1, -0.05) is 6.07 Å². The number of hydrogen-bond donors (Lipinski definition) is 1. The highest BCUT2D eigenvalue weighted by atomic mass is 16.5. The zero-order valence-electron chi connectivity index (χ0n) is 14.6. The van der Waals surface area contributed by atoms with Crippen LogP contribution in [-0.2, 0) is 11.3 Å². The topological polar surface area (TPSA) is 54.6 Å². The maximum Gasteiger partial charge on any atom is 0.128 e. The molecule has 1 unspecified atom stereocenters. The number of rotatable bonds is 4. The molecule has 0 aliphatic carbocycles. The molecular weight excluding hydrogens is 300 g/mol. The van der Waals surface area contributed by atoms with E-state index in [1.54, 1.807) is 0 Å². The van der Waals surface area contributed by atoms with Crippen molar-refractivity contribution in [3.05, 3.63) is 23.9 Å². The molecule has 3 saturated heterocycles. The molecule has 1 aromatic heterocycles. The SMILES string of the molecule is NCC1CC2(CCN(Cc3ccc(N4CCCC4)nc3)CC2)CO1. The quantitative estimate of drug-likeness (QED) is 0.915. The van der Waals surface area contributed by atoms with Crippen molar-refractivity contribution in [1.82, 2.24) is 9.88 Å². The zero-order valence-corrected chi connectivity index (χ0v) is 14.6. The van der Waals surface area contributed by atoms with E-state index < -0.39 is 0 Å². The van der Waals surface area contributed by atoms with Crippen molar-refractivity contribution in [2.45, 2.75) is 44.8 Å². The lowest BCUT2D eigenvalue weighted by atomic mass is 9.76. The van der Waals surface area contributed by atoms with Gasteiger partial charge in [0.25, 0.3) is 0 Å². The first-order valence-corrected chi connectivity index (χ1v) is 9.50. The third-order valence-corrected chi connectivity index (χ3v) is 6.11. The molecule has 3 fully saturated rings. The van der Waals surface area contributed by atoms with Gasteiger partial charge >= 0.3 is 0 Å². The van der Waals surface area contributed by atoms with Crippen LogP contribution in [-0.4, -0.2) is 55.3 Å². The van der Waals surface area contributed by atoms with E-state index in [-0.39, 0.29) is 0 Å². The predicted octanol–water partition coefficient (Wildman–Crippen LogP) is 2.01. The fraction of sp³-hybridized carbons (Fsp3) is 0.737. The Morgan fingerprint density at radius 3 is 2.58 bits per heavy atom. The molecule has 4 rings (SSSR count). The van der Waals surface area contributed by atoms with Crippen molar-refractivity contribution >= 4 is 5.82 Å². The molecule has 1 spiro atoms. The molecule has 3 aliphatic rings. The first kappa shape index (κ1) is 16.3. The monoisotopic (exact) mass is 330 g/mol. The van der Waals surface area contributed by atoms with Crippen LogP contribution in [0.2, 0.25) is 0 Å².